The summed E-state index contributed by atoms with van der Waals surface area (Å²) in [6, 6.07) is 13.6. The summed E-state index contributed by atoms with van der Waals surface area (Å²) < 4.78 is 5.76. The lowest BCUT2D eigenvalue weighted by atomic mass is 10.1. The van der Waals surface area contributed by atoms with Gasteiger partial charge in [-0.3, -0.25) is 4.79 Å². The molecule has 0 radical (unpaired) electrons. The summed E-state index contributed by atoms with van der Waals surface area (Å²) in [5.74, 6) is 1.36. The molecule has 98 valence electrons. The van der Waals surface area contributed by atoms with E-state index in [1.807, 2.05) is 37.3 Å². The number of benzene rings is 2. The maximum atomic E-state index is 11.0. The van der Waals surface area contributed by atoms with Gasteiger partial charge >= 0.3 is 0 Å². The molecule has 0 aromatic heterocycles. The van der Waals surface area contributed by atoms with Crippen molar-refractivity contribution < 1.29 is 9.53 Å². The van der Waals surface area contributed by atoms with Gasteiger partial charge in [-0.1, -0.05) is 37.1 Å². The largest absolute Gasteiger partial charge is 0.457 e. The molecule has 0 fully saturated rings. The monoisotopic (exact) mass is 254 g/mol. The zero-order valence-corrected chi connectivity index (χ0v) is 11.3. The van der Waals surface area contributed by atoms with Gasteiger partial charge < -0.3 is 4.74 Å². The van der Waals surface area contributed by atoms with Crippen LogP contribution in [0.25, 0.3) is 0 Å². The predicted octanol–water partition coefficient (Wildman–Crippen LogP) is 4.55. The molecule has 0 saturated carbocycles. The maximum Gasteiger partial charge on any atom is 0.153 e. The molecule has 2 aromatic carbocycles. The van der Waals surface area contributed by atoms with Crippen LogP contribution in [0.2, 0.25) is 0 Å². The van der Waals surface area contributed by atoms with Crippen molar-refractivity contribution in [3.05, 3.63) is 59.2 Å². The minimum Gasteiger partial charge on any atom is -0.457 e. The van der Waals surface area contributed by atoms with Crippen LogP contribution in [0.15, 0.2) is 42.5 Å². The molecule has 0 bridgehead atoms. The molecule has 0 atom stereocenters. The van der Waals surface area contributed by atoms with Gasteiger partial charge in [0.05, 0.1) is 5.56 Å². The number of hydrogen-bond donors (Lipinski definition) is 0. The Kier molecular flexibility index (Phi) is 4.35. The van der Waals surface area contributed by atoms with Gasteiger partial charge in [-0.2, -0.15) is 0 Å². The van der Waals surface area contributed by atoms with E-state index in [0.29, 0.717) is 11.3 Å². The van der Waals surface area contributed by atoms with Crippen LogP contribution in [0.5, 0.6) is 11.5 Å². The van der Waals surface area contributed by atoms with Gasteiger partial charge in [-0.05, 0) is 43.2 Å². The third kappa shape index (κ3) is 3.44. The number of aldehydes is 1. The minimum absolute atomic E-state index is 0.581. The van der Waals surface area contributed by atoms with E-state index >= 15 is 0 Å². The Balaban J connectivity index is 2.18. The normalized spacial score (nSPS) is 10.2. The predicted molar refractivity (Wildman–Crippen MR) is 77.1 cm³/mol. The van der Waals surface area contributed by atoms with E-state index in [1.54, 1.807) is 0 Å². The Labute approximate surface area is 114 Å². The van der Waals surface area contributed by atoms with Crippen LogP contribution in [0.3, 0.4) is 0 Å². The number of aryl methyl sites for hydroxylation is 2. The summed E-state index contributed by atoms with van der Waals surface area (Å²) in [4.78, 5) is 11.0. The molecule has 2 nitrogen and oxygen atoms in total. The molecule has 0 N–H and O–H groups in total. The van der Waals surface area contributed by atoms with Gasteiger partial charge in [0.2, 0.25) is 0 Å². The third-order valence-electron chi connectivity index (χ3n) is 2.98. The highest BCUT2D eigenvalue weighted by Crippen LogP contribution is 2.25. The first-order valence-corrected chi connectivity index (χ1v) is 6.55. The van der Waals surface area contributed by atoms with Crippen molar-refractivity contribution in [2.24, 2.45) is 0 Å². The van der Waals surface area contributed by atoms with Crippen molar-refractivity contribution in [1.29, 1.82) is 0 Å². The lowest BCUT2D eigenvalue weighted by molar-refractivity contribution is 0.112. The molecule has 0 heterocycles. The van der Waals surface area contributed by atoms with E-state index in [-0.39, 0.29) is 0 Å². The molecule has 2 aromatic rings. The van der Waals surface area contributed by atoms with Crippen LogP contribution in [-0.2, 0) is 6.42 Å². The van der Waals surface area contributed by atoms with E-state index in [0.717, 1.165) is 30.4 Å². The van der Waals surface area contributed by atoms with Gasteiger partial charge in [0, 0.05) is 0 Å². The van der Waals surface area contributed by atoms with E-state index in [2.05, 4.69) is 19.1 Å². The summed E-state index contributed by atoms with van der Waals surface area (Å²) in [5.41, 5.74) is 2.93. The summed E-state index contributed by atoms with van der Waals surface area (Å²) in [6.07, 6.45) is 3.03. The summed E-state index contributed by atoms with van der Waals surface area (Å²) in [6.45, 7) is 4.11. The van der Waals surface area contributed by atoms with Gasteiger partial charge in [0.25, 0.3) is 0 Å². The SMILES string of the molecule is CCCc1ccc(Oc2ccc(C)cc2C=O)cc1. The van der Waals surface area contributed by atoms with Gasteiger partial charge in [-0.25, -0.2) is 0 Å². The molecule has 19 heavy (non-hydrogen) atoms. The highest BCUT2D eigenvalue weighted by molar-refractivity contribution is 5.79. The molecule has 2 rings (SSSR count). The number of ether oxygens (including phenoxy) is 1. The Morgan fingerprint density at radius 2 is 1.84 bits per heavy atom. The standard InChI is InChI=1S/C17H18O2/c1-3-4-14-6-8-16(9-7-14)19-17-10-5-13(2)11-15(17)12-18/h5-12H,3-4H2,1-2H3. The van der Waals surface area contributed by atoms with Gasteiger partial charge in [0.15, 0.2) is 6.29 Å². The molecular formula is C17H18O2. The van der Waals surface area contributed by atoms with E-state index in [4.69, 9.17) is 4.74 Å². The second-order valence-electron chi connectivity index (χ2n) is 4.66. The van der Waals surface area contributed by atoms with Crippen molar-refractivity contribution in [1.82, 2.24) is 0 Å². The zero-order chi connectivity index (χ0) is 13.7. The van der Waals surface area contributed by atoms with Crippen molar-refractivity contribution in [2.45, 2.75) is 26.7 Å². The van der Waals surface area contributed by atoms with Crippen molar-refractivity contribution in [3.63, 3.8) is 0 Å². The quantitative estimate of drug-likeness (QED) is 0.731. The van der Waals surface area contributed by atoms with E-state index < -0.39 is 0 Å². The lowest BCUT2D eigenvalue weighted by Crippen LogP contribution is -1.91. The van der Waals surface area contributed by atoms with E-state index in [9.17, 15) is 4.79 Å². The third-order valence-corrected chi connectivity index (χ3v) is 2.98. The summed E-state index contributed by atoms with van der Waals surface area (Å²) in [5, 5.41) is 0. The highest BCUT2D eigenvalue weighted by atomic mass is 16.5. The molecule has 0 aliphatic heterocycles. The van der Waals surface area contributed by atoms with Crippen LogP contribution in [0.1, 0.15) is 34.8 Å². The number of carbonyl (C=O) groups excluding carboxylic acids is 1. The van der Waals surface area contributed by atoms with Crippen molar-refractivity contribution in [2.75, 3.05) is 0 Å². The second-order valence-corrected chi connectivity index (χ2v) is 4.66. The van der Waals surface area contributed by atoms with Gasteiger partial charge in [0.1, 0.15) is 11.5 Å². The fourth-order valence-electron chi connectivity index (χ4n) is 1.99. The molecule has 0 amide bonds. The first-order valence-electron chi connectivity index (χ1n) is 6.55. The number of rotatable bonds is 5. The van der Waals surface area contributed by atoms with Gasteiger partial charge in [-0.15, -0.1) is 0 Å². The summed E-state index contributed by atoms with van der Waals surface area (Å²) in [7, 11) is 0. The first-order chi connectivity index (χ1) is 9.22. The zero-order valence-electron chi connectivity index (χ0n) is 11.3. The fourth-order valence-corrected chi connectivity index (χ4v) is 1.99. The number of hydrogen-bond acceptors (Lipinski definition) is 2. The minimum atomic E-state index is 0.581. The van der Waals surface area contributed by atoms with Crippen molar-refractivity contribution >= 4 is 6.29 Å². The molecule has 2 heteroatoms. The Hall–Kier alpha value is -2.09. The fraction of sp³-hybridized carbons (Fsp3) is 0.235. The molecule has 0 unspecified atom stereocenters. The maximum absolute atomic E-state index is 11.0. The Bertz CT molecular complexity index is 556. The average Bonchev–Trinajstić information content (AvgIpc) is 2.43. The topological polar surface area (TPSA) is 26.3 Å². The van der Waals surface area contributed by atoms with Crippen molar-refractivity contribution in [3.8, 4) is 11.5 Å². The smallest absolute Gasteiger partial charge is 0.153 e. The second kappa shape index (κ2) is 6.19. The Morgan fingerprint density at radius 1 is 1.11 bits per heavy atom. The molecular weight excluding hydrogens is 236 g/mol. The van der Waals surface area contributed by atoms with Crippen LogP contribution >= 0.6 is 0 Å². The molecule has 0 saturated heterocycles. The van der Waals surface area contributed by atoms with Crippen LogP contribution in [0.4, 0.5) is 0 Å². The first kappa shape index (κ1) is 13.3. The molecule has 0 aliphatic rings. The highest BCUT2D eigenvalue weighted by Gasteiger charge is 2.04. The average molecular weight is 254 g/mol. The van der Waals surface area contributed by atoms with E-state index in [1.165, 1.54) is 5.56 Å². The van der Waals surface area contributed by atoms with Crippen LogP contribution < -0.4 is 4.74 Å². The number of carbonyl (C=O) groups is 1. The molecule has 0 spiro atoms. The van der Waals surface area contributed by atoms with Crippen LogP contribution in [0, 0.1) is 6.92 Å². The van der Waals surface area contributed by atoms with Crippen LogP contribution in [-0.4, -0.2) is 6.29 Å². The Morgan fingerprint density at radius 3 is 2.47 bits per heavy atom. The lowest BCUT2D eigenvalue weighted by Gasteiger charge is -2.09. The molecule has 0 aliphatic carbocycles. The summed E-state index contributed by atoms with van der Waals surface area (Å²) >= 11 is 0.